The first-order valence-corrected chi connectivity index (χ1v) is 4.85. The molecule has 0 unspecified atom stereocenters. The van der Waals surface area contributed by atoms with Gasteiger partial charge in [-0.15, -0.1) is 0 Å². The van der Waals surface area contributed by atoms with E-state index in [4.69, 9.17) is 9.66 Å². The maximum atomic E-state index is 10.2. The second kappa shape index (κ2) is 3.84. The molecule has 12 heteroatoms. The lowest BCUT2D eigenvalue weighted by molar-refractivity contribution is -0.106. The van der Waals surface area contributed by atoms with Crippen LogP contribution >= 0.6 is 0 Å². The Morgan fingerprint density at radius 3 is 1.85 bits per heavy atom. The highest BCUT2D eigenvalue weighted by Gasteiger charge is 2.22. The van der Waals surface area contributed by atoms with Crippen LogP contribution < -0.4 is 0 Å². The molecule has 0 atom stereocenters. The summed E-state index contributed by atoms with van der Waals surface area (Å²) < 4.78 is 56.3. The van der Waals surface area contributed by atoms with Crippen molar-refractivity contribution in [3.05, 3.63) is 0 Å². The van der Waals surface area contributed by atoms with E-state index in [9.17, 15) is 21.6 Å². The zero-order valence-corrected chi connectivity index (χ0v) is 7.11. The normalized spacial score (nSPS) is 12.4. The number of rotatable bonds is 4. The summed E-state index contributed by atoms with van der Waals surface area (Å²) in [6.07, 6.45) is -2.26. The average molecular weight is 238 g/mol. The molecule has 0 amide bonds. The third-order valence-corrected chi connectivity index (χ3v) is 1.28. The van der Waals surface area contributed by atoms with E-state index in [0.717, 1.165) is 0 Å². The second-order valence-electron chi connectivity index (χ2n) is 1.32. The predicted octanol–water partition coefficient (Wildman–Crippen LogP) is -1.32. The van der Waals surface area contributed by atoms with Crippen molar-refractivity contribution in [3.63, 3.8) is 0 Å². The summed E-state index contributed by atoms with van der Waals surface area (Å²) in [6.45, 7) is 0. The minimum atomic E-state index is -5.17. The summed E-state index contributed by atoms with van der Waals surface area (Å²) in [5.41, 5.74) is 0. The van der Waals surface area contributed by atoms with Crippen molar-refractivity contribution in [3.8, 4) is 0 Å². The second-order valence-corrected chi connectivity index (χ2v) is 3.43. The molecule has 0 radical (unpaired) electrons. The standard InChI is InChI=1S/CH2O10S2/c2-1(3)9-13(7,8)11-10-12(4,5)6/h(H,2,3)(H,4,5,6). The fourth-order valence-corrected chi connectivity index (χ4v) is 0.926. The van der Waals surface area contributed by atoms with E-state index in [-0.39, 0.29) is 0 Å². The molecule has 0 aliphatic rings. The van der Waals surface area contributed by atoms with Crippen LogP contribution in [-0.2, 0) is 33.6 Å². The third kappa shape index (κ3) is 7.41. The highest BCUT2D eigenvalue weighted by Crippen LogP contribution is 1.99. The molecular formula is CH2O10S2. The fourth-order valence-electron chi connectivity index (χ4n) is 0.170. The lowest BCUT2D eigenvalue weighted by Crippen LogP contribution is -2.16. The molecule has 0 aromatic heterocycles. The van der Waals surface area contributed by atoms with Crippen molar-refractivity contribution in [2.24, 2.45) is 0 Å². The Bertz CT molecular complexity index is 369. The summed E-state index contributed by atoms with van der Waals surface area (Å²) in [5, 5.41) is 7.73. The van der Waals surface area contributed by atoms with E-state index in [1.165, 1.54) is 0 Å². The van der Waals surface area contributed by atoms with Gasteiger partial charge in [-0.2, -0.15) is 16.8 Å². The molecule has 10 nitrogen and oxygen atoms in total. The first-order chi connectivity index (χ1) is 5.62. The molecular weight excluding hydrogens is 236 g/mol. The number of hydrogen-bond acceptors (Lipinski definition) is 8. The summed E-state index contributed by atoms with van der Waals surface area (Å²) in [4.78, 5) is 9.59. The van der Waals surface area contributed by atoms with Gasteiger partial charge in [-0.05, 0) is 0 Å². The van der Waals surface area contributed by atoms with Crippen LogP contribution in [0.5, 0.6) is 0 Å². The van der Waals surface area contributed by atoms with E-state index in [1.807, 2.05) is 0 Å². The van der Waals surface area contributed by atoms with Gasteiger partial charge in [0.2, 0.25) is 0 Å². The van der Waals surface area contributed by atoms with Crippen LogP contribution in [0.3, 0.4) is 0 Å². The van der Waals surface area contributed by atoms with E-state index in [0.29, 0.717) is 0 Å². The van der Waals surface area contributed by atoms with Gasteiger partial charge < -0.3 is 5.11 Å². The Morgan fingerprint density at radius 2 is 1.54 bits per heavy atom. The van der Waals surface area contributed by atoms with Crippen LogP contribution in [0.15, 0.2) is 0 Å². The predicted molar refractivity (Wildman–Crippen MR) is 31.7 cm³/mol. The molecule has 2 N–H and O–H groups in total. The SMILES string of the molecule is O=C(O)OS(=O)(=O)OOS(=O)(=O)O. The van der Waals surface area contributed by atoms with Crippen molar-refractivity contribution in [2.45, 2.75) is 0 Å². The molecule has 0 saturated carbocycles. The van der Waals surface area contributed by atoms with E-state index < -0.39 is 27.0 Å². The first-order valence-electron chi connectivity index (χ1n) is 2.15. The largest absolute Gasteiger partial charge is 0.523 e. The lowest BCUT2D eigenvalue weighted by Gasteiger charge is -1.98. The molecule has 0 aliphatic carbocycles. The molecule has 0 aromatic carbocycles. The summed E-state index contributed by atoms with van der Waals surface area (Å²) in [7, 11) is -10.3. The monoisotopic (exact) mass is 238 g/mol. The van der Waals surface area contributed by atoms with E-state index >= 15 is 0 Å². The third-order valence-electron chi connectivity index (χ3n) is 0.370. The van der Waals surface area contributed by atoms with Crippen LogP contribution in [0.2, 0.25) is 0 Å². The van der Waals surface area contributed by atoms with Crippen molar-refractivity contribution in [2.75, 3.05) is 0 Å². The maximum Gasteiger partial charge on any atom is 0.523 e. The van der Waals surface area contributed by atoms with Crippen molar-refractivity contribution < 1.29 is 44.1 Å². The van der Waals surface area contributed by atoms with Gasteiger partial charge in [0.1, 0.15) is 0 Å². The highest BCUT2D eigenvalue weighted by molar-refractivity contribution is 7.83. The Labute approximate surface area is 71.8 Å². The Balaban J connectivity index is 4.30. The van der Waals surface area contributed by atoms with Crippen molar-refractivity contribution in [1.29, 1.82) is 0 Å². The van der Waals surface area contributed by atoms with Gasteiger partial charge in [-0.25, -0.2) is 4.79 Å². The van der Waals surface area contributed by atoms with Gasteiger partial charge in [0, 0.05) is 0 Å². The molecule has 0 aromatic rings. The Kier molecular flexibility index (Phi) is 3.56. The zero-order chi connectivity index (χ0) is 10.7. The molecule has 0 rings (SSSR count). The zero-order valence-electron chi connectivity index (χ0n) is 5.48. The maximum absolute atomic E-state index is 10.2. The number of carboxylic acid groups (broad SMARTS) is 1. The number of carbonyl (C=O) groups is 1. The molecule has 0 heterocycles. The topological polar surface area (TPSA) is 154 Å². The molecule has 0 aliphatic heterocycles. The van der Waals surface area contributed by atoms with Gasteiger partial charge >= 0.3 is 27.0 Å². The summed E-state index contributed by atoms with van der Waals surface area (Å²) in [5.74, 6) is 0. The van der Waals surface area contributed by atoms with Crippen LogP contribution in [0.1, 0.15) is 0 Å². The Morgan fingerprint density at radius 1 is 1.08 bits per heavy atom. The molecule has 78 valence electrons. The van der Waals surface area contributed by atoms with Gasteiger partial charge in [0.25, 0.3) is 0 Å². The smallest absolute Gasteiger partial charge is 0.449 e. The van der Waals surface area contributed by atoms with E-state index in [1.54, 1.807) is 0 Å². The Hall–Kier alpha value is -0.950. The lowest BCUT2D eigenvalue weighted by atomic mass is 11.5. The van der Waals surface area contributed by atoms with Crippen molar-refractivity contribution >= 4 is 27.0 Å². The van der Waals surface area contributed by atoms with Crippen LogP contribution in [-0.4, -0.2) is 32.7 Å². The van der Waals surface area contributed by atoms with Crippen molar-refractivity contribution in [1.82, 2.24) is 0 Å². The average Bonchev–Trinajstić information content (AvgIpc) is 1.79. The molecule has 0 fully saturated rings. The molecule has 13 heavy (non-hydrogen) atoms. The summed E-state index contributed by atoms with van der Waals surface area (Å²) in [6, 6.07) is 0. The molecule has 0 bridgehead atoms. The molecule has 0 spiro atoms. The first kappa shape index (κ1) is 12.0. The van der Waals surface area contributed by atoms with Gasteiger partial charge in [-0.3, -0.25) is 8.74 Å². The fraction of sp³-hybridized carbons (Fsp3) is 0. The number of hydrogen-bond donors (Lipinski definition) is 2. The highest BCUT2D eigenvalue weighted by atomic mass is 32.3. The minimum absolute atomic E-state index is 2.26. The van der Waals surface area contributed by atoms with Gasteiger partial charge in [0.05, 0.1) is 0 Å². The van der Waals surface area contributed by atoms with E-state index in [2.05, 4.69) is 12.9 Å². The molecule has 0 saturated heterocycles. The van der Waals surface area contributed by atoms with Gasteiger partial charge in [0.15, 0.2) is 0 Å². The summed E-state index contributed by atoms with van der Waals surface area (Å²) >= 11 is 0. The minimum Gasteiger partial charge on any atom is -0.449 e. The quantitative estimate of drug-likeness (QED) is 0.342. The van der Waals surface area contributed by atoms with Crippen LogP contribution in [0, 0.1) is 0 Å². The van der Waals surface area contributed by atoms with Crippen LogP contribution in [0.25, 0.3) is 0 Å². The van der Waals surface area contributed by atoms with Gasteiger partial charge in [-0.1, -0.05) is 8.67 Å². The van der Waals surface area contributed by atoms with Crippen LogP contribution in [0.4, 0.5) is 4.79 Å².